The normalized spacial score (nSPS) is 10.9. The Hall–Kier alpha value is -2.98. The topological polar surface area (TPSA) is 98.5 Å². The molecule has 27 heavy (non-hydrogen) atoms. The summed E-state index contributed by atoms with van der Waals surface area (Å²) < 4.78 is 1.48. The molecule has 4 aromatic heterocycles. The Balaban J connectivity index is 1.42. The van der Waals surface area contributed by atoms with Crippen molar-refractivity contribution in [1.82, 2.24) is 29.9 Å². The molecule has 0 unspecified atom stereocenters. The van der Waals surface area contributed by atoms with Gasteiger partial charge in [-0.1, -0.05) is 11.3 Å². The smallest absolute Gasteiger partial charge is 0.247 e. The van der Waals surface area contributed by atoms with Crippen molar-refractivity contribution in [2.45, 2.75) is 20.4 Å². The van der Waals surface area contributed by atoms with Gasteiger partial charge in [0.25, 0.3) is 0 Å². The predicted molar refractivity (Wildman–Crippen MR) is 105 cm³/mol. The number of pyridine rings is 1. The van der Waals surface area contributed by atoms with Gasteiger partial charge >= 0.3 is 0 Å². The minimum Gasteiger partial charge on any atom is -0.300 e. The molecular formula is C17H15N7OS2. The molecule has 0 spiro atoms. The van der Waals surface area contributed by atoms with Crippen LogP contribution in [0.5, 0.6) is 0 Å². The minimum absolute atomic E-state index is 0.0490. The number of amides is 1. The summed E-state index contributed by atoms with van der Waals surface area (Å²) in [5.74, 6) is -0.217. The molecule has 0 aliphatic heterocycles. The molecule has 4 rings (SSSR count). The van der Waals surface area contributed by atoms with Gasteiger partial charge < -0.3 is 5.32 Å². The molecule has 1 amide bonds. The molecule has 4 heterocycles. The Morgan fingerprint density at radius 3 is 2.81 bits per heavy atom. The maximum absolute atomic E-state index is 12.3. The third-order valence-electron chi connectivity index (χ3n) is 3.66. The molecule has 0 saturated heterocycles. The maximum Gasteiger partial charge on any atom is 0.247 e. The maximum atomic E-state index is 12.3. The number of aromatic nitrogens is 6. The molecule has 8 nitrogen and oxygen atoms in total. The highest BCUT2D eigenvalue weighted by molar-refractivity contribution is 7.16. The highest BCUT2D eigenvalue weighted by Gasteiger charge is 2.14. The Kier molecular flexibility index (Phi) is 4.73. The van der Waals surface area contributed by atoms with Crippen molar-refractivity contribution in [2.75, 3.05) is 5.32 Å². The van der Waals surface area contributed by atoms with Gasteiger partial charge in [-0.15, -0.1) is 27.8 Å². The predicted octanol–water partition coefficient (Wildman–Crippen LogP) is 3.18. The van der Waals surface area contributed by atoms with Crippen molar-refractivity contribution in [3.05, 3.63) is 46.7 Å². The second kappa shape index (κ2) is 7.33. The molecular weight excluding hydrogens is 382 g/mol. The molecule has 0 atom stereocenters. The number of thiazole rings is 2. The van der Waals surface area contributed by atoms with E-state index >= 15 is 0 Å². The average molecular weight is 397 g/mol. The Bertz CT molecular complexity index is 1080. The Morgan fingerprint density at radius 1 is 1.19 bits per heavy atom. The molecule has 0 saturated carbocycles. The van der Waals surface area contributed by atoms with Gasteiger partial charge in [-0.05, 0) is 26.0 Å². The van der Waals surface area contributed by atoms with Crippen LogP contribution in [0, 0.1) is 13.8 Å². The van der Waals surface area contributed by atoms with E-state index in [2.05, 4.69) is 30.6 Å². The van der Waals surface area contributed by atoms with E-state index in [1.54, 1.807) is 23.7 Å². The Morgan fingerprint density at radius 2 is 2.07 bits per heavy atom. The largest absolute Gasteiger partial charge is 0.300 e. The zero-order valence-corrected chi connectivity index (χ0v) is 16.2. The zero-order chi connectivity index (χ0) is 18.8. The number of nitrogens with zero attached hydrogens (tertiary/aromatic N) is 6. The van der Waals surface area contributed by atoms with E-state index in [4.69, 9.17) is 0 Å². The van der Waals surface area contributed by atoms with Gasteiger partial charge in [0.15, 0.2) is 5.13 Å². The van der Waals surface area contributed by atoms with Crippen molar-refractivity contribution in [2.24, 2.45) is 0 Å². The number of anilines is 1. The van der Waals surface area contributed by atoms with Crippen LogP contribution < -0.4 is 5.32 Å². The minimum atomic E-state index is -0.217. The lowest BCUT2D eigenvalue weighted by Gasteiger charge is -2.00. The van der Waals surface area contributed by atoms with Crippen LogP contribution in [0.2, 0.25) is 0 Å². The summed E-state index contributed by atoms with van der Waals surface area (Å²) in [7, 11) is 0. The molecule has 0 bridgehead atoms. The van der Waals surface area contributed by atoms with Gasteiger partial charge in [0.05, 0.1) is 33.2 Å². The highest BCUT2D eigenvalue weighted by Crippen LogP contribution is 2.32. The first-order chi connectivity index (χ1) is 13.1. The molecule has 0 aliphatic rings. The zero-order valence-electron chi connectivity index (χ0n) is 14.6. The number of rotatable bonds is 5. The van der Waals surface area contributed by atoms with Crippen LogP contribution in [0.3, 0.4) is 0 Å². The van der Waals surface area contributed by atoms with E-state index in [-0.39, 0.29) is 12.5 Å². The third kappa shape index (κ3) is 3.91. The van der Waals surface area contributed by atoms with Crippen LogP contribution in [-0.2, 0) is 11.3 Å². The van der Waals surface area contributed by atoms with Crippen LogP contribution in [-0.4, -0.2) is 35.9 Å². The molecule has 4 aromatic rings. The van der Waals surface area contributed by atoms with Crippen molar-refractivity contribution in [3.63, 3.8) is 0 Å². The SMILES string of the molecule is Cc1nc(C)c(-c2csc(NC(=O)Cn3cc(-c4ccccn4)nn3)n2)s1. The van der Waals surface area contributed by atoms with Crippen LogP contribution in [0.4, 0.5) is 5.13 Å². The van der Waals surface area contributed by atoms with Crippen molar-refractivity contribution >= 4 is 33.7 Å². The molecule has 0 aliphatic carbocycles. The monoisotopic (exact) mass is 397 g/mol. The second-order valence-electron chi connectivity index (χ2n) is 5.75. The fourth-order valence-electron chi connectivity index (χ4n) is 2.52. The third-order valence-corrected chi connectivity index (χ3v) is 5.51. The van der Waals surface area contributed by atoms with Crippen molar-refractivity contribution in [1.29, 1.82) is 0 Å². The van der Waals surface area contributed by atoms with Gasteiger partial charge in [0, 0.05) is 11.6 Å². The number of carbonyl (C=O) groups is 1. The van der Waals surface area contributed by atoms with Gasteiger partial charge in [0.1, 0.15) is 12.2 Å². The average Bonchev–Trinajstić information content (AvgIpc) is 3.36. The molecule has 10 heteroatoms. The van der Waals surface area contributed by atoms with E-state index in [0.29, 0.717) is 16.5 Å². The summed E-state index contributed by atoms with van der Waals surface area (Å²) in [5.41, 5.74) is 3.11. The summed E-state index contributed by atoms with van der Waals surface area (Å²) in [5, 5.41) is 14.3. The highest BCUT2D eigenvalue weighted by atomic mass is 32.1. The number of hydrogen-bond donors (Lipinski definition) is 1. The molecule has 0 fully saturated rings. The van der Waals surface area contributed by atoms with Gasteiger partial charge in [0.2, 0.25) is 5.91 Å². The fraction of sp³-hybridized carbons (Fsp3) is 0.176. The van der Waals surface area contributed by atoms with Crippen LogP contribution in [0.1, 0.15) is 10.7 Å². The van der Waals surface area contributed by atoms with Gasteiger partial charge in [-0.3, -0.25) is 9.78 Å². The van der Waals surface area contributed by atoms with E-state index < -0.39 is 0 Å². The summed E-state index contributed by atoms with van der Waals surface area (Å²) in [6.45, 7) is 3.97. The molecule has 0 radical (unpaired) electrons. The first-order valence-corrected chi connectivity index (χ1v) is 9.79. The number of hydrogen-bond acceptors (Lipinski definition) is 8. The number of aryl methyl sites for hydroxylation is 2. The van der Waals surface area contributed by atoms with Crippen LogP contribution >= 0.6 is 22.7 Å². The van der Waals surface area contributed by atoms with E-state index in [9.17, 15) is 4.79 Å². The van der Waals surface area contributed by atoms with E-state index in [0.717, 1.165) is 21.3 Å². The summed E-state index contributed by atoms with van der Waals surface area (Å²) in [4.78, 5) is 26.4. The fourth-order valence-corrected chi connectivity index (χ4v) is 4.19. The van der Waals surface area contributed by atoms with Crippen LogP contribution in [0.25, 0.3) is 22.0 Å². The second-order valence-corrected chi connectivity index (χ2v) is 7.81. The molecule has 0 aromatic carbocycles. The van der Waals surface area contributed by atoms with E-state index in [1.165, 1.54) is 16.0 Å². The molecule has 1 N–H and O–H groups in total. The summed E-state index contributed by atoms with van der Waals surface area (Å²) >= 11 is 2.98. The van der Waals surface area contributed by atoms with Crippen molar-refractivity contribution in [3.8, 4) is 22.0 Å². The van der Waals surface area contributed by atoms with Gasteiger partial charge in [-0.2, -0.15) is 0 Å². The number of nitrogens with one attached hydrogen (secondary N) is 1. The van der Waals surface area contributed by atoms with Crippen LogP contribution in [0.15, 0.2) is 36.0 Å². The standard InChI is InChI=1S/C17H15N7OS2/c1-10-16(27-11(2)19-10)14-9-26-17(20-14)21-15(25)8-24-7-13(22-23-24)12-5-3-4-6-18-12/h3-7,9H,8H2,1-2H3,(H,20,21,25). The lowest BCUT2D eigenvalue weighted by Crippen LogP contribution is -2.19. The van der Waals surface area contributed by atoms with E-state index in [1.807, 2.05) is 37.4 Å². The molecule has 136 valence electrons. The van der Waals surface area contributed by atoms with Gasteiger partial charge in [-0.25, -0.2) is 14.6 Å². The lowest BCUT2D eigenvalue weighted by atomic mass is 10.3. The summed E-state index contributed by atoms with van der Waals surface area (Å²) in [6.07, 6.45) is 3.38. The Labute approximate surface area is 163 Å². The first-order valence-electron chi connectivity index (χ1n) is 8.10. The first kappa shape index (κ1) is 17.4. The van der Waals surface area contributed by atoms with Crippen molar-refractivity contribution < 1.29 is 4.79 Å². The quantitative estimate of drug-likeness (QED) is 0.555. The number of carbonyl (C=O) groups excluding carboxylic acids is 1. The summed E-state index contributed by atoms with van der Waals surface area (Å²) in [6, 6.07) is 5.55. The lowest BCUT2D eigenvalue weighted by molar-refractivity contribution is -0.116.